The van der Waals surface area contributed by atoms with Crippen molar-refractivity contribution in [2.75, 3.05) is 49.2 Å². The van der Waals surface area contributed by atoms with Crippen LogP contribution in [0.1, 0.15) is 111 Å². The van der Waals surface area contributed by atoms with Crippen LogP contribution in [-0.4, -0.2) is 164 Å². The molecule has 100 heavy (non-hydrogen) atoms. The molecule has 0 radical (unpaired) electrons. The second-order valence-corrected chi connectivity index (χ2v) is 23.3. The molecule has 3 aromatic heterocycles. The summed E-state index contributed by atoms with van der Waals surface area (Å²) < 4.78 is 27.7. The molecule has 0 saturated carbocycles. The van der Waals surface area contributed by atoms with Gasteiger partial charge in [-0.1, -0.05) is 11.3 Å². The number of alkyl carbamates (subject to hydrolysis) is 1. The number of nitrogens with zero attached hydrogens (tertiary/aromatic N) is 7. The molecule has 1 spiro atoms. The molecule has 17 N–H and O–H groups in total. The molecule has 0 bridgehead atoms. The lowest BCUT2D eigenvalue weighted by Crippen LogP contribution is -2.52. The Bertz CT molecular complexity index is 4400. The first-order valence-electron chi connectivity index (χ1n) is 31.9. The molecule has 8 aromatic rings. The molecule has 34 heteroatoms. The van der Waals surface area contributed by atoms with Crippen LogP contribution in [0.3, 0.4) is 0 Å². The monoisotopic (exact) mass is 1390 g/mol. The van der Waals surface area contributed by atoms with Gasteiger partial charge in [0.1, 0.15) is 41.1 Å². The predicted molar refractivity (Wildman–Crippen MR) is 360 cm³/mol. The van der Waals surface area contributed by atoms with E-state index >= 15 is 0 Å². The Hall–Kier alpha value is -12.3. The summed E-state index contributed by atoms with van der Waals surface area (Å²) >= 11 is 5.48. The van der Waals surface area contributed by atoms with E-state index in [0.717, 1.165) is 0 Å². The number of carbonyl (C=O) groups excluding carboxylic acids is 6. The van der Waals surface area contributed by atoms with Crippen molar-refractivity contribution in [3.8, 4) is 34.6 Å². The van der Waals surface area contributed by atoms with Gasteiger partial charge >= 0.3 is 24.0 Å². The number of aromatic nitrogens is 7. The van der Waals surface area contributed by atoms with Crippen LogP contribution in [0.2, 0.25) is 1.41 Å². The minimum absolute atomic E-state index is 0.0151. The van der Waals surface area contributed by atoms with E-state index in [4.69, 9.17) is 39.3 Å². The zero-order valence-corrected chi connectivity index (χ0v) is 54.0. The summed E-state index contributed by atoms with van der Waals surface area (Å²) in [5.74, 6) is -6.82. The Morgan fingerprint density at radius 3 is 2.06 bits per heavy atom. The number of nitrogens with one attached hydrogen (secondary N) is 8. The molecule has 0 aliphatic carbocycles. The summed E-state index contributed by atoms with van der Waals surface area (Å²) in [6.45, 7) is 0.827. The maximum absolute atomic E-state index is 13.7. The van der Waals surface area contributed by atoms with Gasteiger partial charge < -0.3 is 93.7 Å². The Kier molecular flexibility index (Phi) is 22.2. The van der Waals surface area contributed by atoms with Crippen molar-refractivity contribution in [1.29, 1.82) is 0 Å². The molecule has 5 amide bonds. The average Bonchev–Trinajstić information content (AvgIpc) is 1.59. The summed E-state index contributed by atoms with van der Waals surface area (Å²) in [6, 6.07) is 21.9. The number of benzene rings is 5. The van der Waals surface area contributed by atoms with E-state index in [-0.39, 0.29) is 133 Å². The number of nitrogen functional groups attached to an aromatic ring is 1. The maximum Gasteiger partial charge on any atom is 0.407 e. The molecular formula is C66H69N17O16S. The summed E-state index contributed by atoms with van der Waals surface area (Å²) in [5, 5.41) is 78.7. The highest BCUT2D eigenvalue weighted by molar-refractivity contribution is 7.80. The fourth-order valence-corrected chi connectivity index (χ4v) is 11.1. The second-order valence-electron chi connectivity index (χ2n) is 22.9. The quantitative estimate of drug-likeness (QED) is 0.0166. The smallest absolute Gasteiger partial charge is 0.407 e. The van der Waals surface area contributed by atoms with Crippen molar-refractivity contribution >= 4 is 93.4 Å². The maximum atomic E-state index is 13.7. The van der Waals surface area contributed by atoms with Crippen LogP contribution >= 0.6 is 12.2 Å². The van der Waals surface area contributed by atoms with Crippen LogP contribution in [0.15, 0.2) is 116 Å². The number of esters is 1. The van der Waals surface area contributed by atoms with Gasteiger partial charge in [-0.05, 0) is 149 Å². The third-order valence-electron chi connectivity index (χ3n) is 15.9. The zero-order valence-electron chi connectivity index (χ0n) is 54.2. The first kappa shape index (κ1) is 69.0. The third kappa shape index (κ3) is 17.4. The van der Waals surface area contributed by atoms with Crippen LogP contribution < -0.4 is 58.7 Å². The number of unbranched alkanes of at least 4 members (excludes halogenated alkanes) is 2. The molecule has 5 aromatic carbocycles. The Morgan fingerprint density at radius 1 is 0.700 bits per heavy atom. The summed E-state index contributed by atoms with van der Waals surface area (Å²) in [5.41, 5.74) is 14.5. The summed E-state index contributed by atoms with van der Waals surface area (Å²) in [4.78, 5) is 120. The Morgan fingerprint density at radius 2 is 1.35 bits per heavy atom. The zero-order chi connectivity index (χ0) is 71.9. The number of aliphatic carboxylic acids is 2. The van der Waals surface area contributed by atoms with Crippen LogP contribution in [0.25, 0.3) is 16.9 Å². The molecule has 3 atom stereocenters. The molecule has 520 valence electrons. The Balaban J connectivity index is 0.636. The number of carboxylic acid groups (broad SMARTS) is 2. The van der Waals surface area contributed by atoms with E-state index in [0.29, 0.717) is 63.3 Å². The van der Waals surface area contributed by atoms with Crippen molar-refractivity contribution in [3.63, 3.8) is 0 Å². The number of nitrogens with two attached hydrogens (primary N) is 2. The highest BCUT2D eigenvalue weighted by Gasteiger charge is 2.54. The van der Waals surface area contributed by atoms with Crippen molar-refractivity contribution in [1.82, 2.24) is 66.8 Å². The molecule has 33 nitrogen and oxygen atoms in total. The van der Waals surface area contributed by atoms with Gasteiger partial charge in [0.25, 0.3) is 11.8 Å². The first-order valence-corrected chi connectivity index (χ1v) is 31.9. The van der Waals surface area contributed by atoms with Crippen LogP contribution in [0.4, 0.5) is 22.1 Å². The van der Waals surface area contributed by atoms with E-state index in [9.17, 15) is 63.9 Å². The van der Waals surface area contributed by atoms with Crippen molar-refractivity contribution < 1.29 is 79.5 Å². The van der Waals surface area contributed by atoms with E-state index in [2.05, 4.69) is 67.5 Å². The van der Waals surface area contributed by atoms with Gasteiger partial charge in [0, 0.05) is 83.8 Å². The standard InChI is InChI=1S/C66H69N17O16S/c67-24-3-1-6-49(60(91)92)78-58(89)48(76-53(86)22-21-50(61(93)94)77-57(88)36-7-11-37(12-8-36)72-32-40-33-73-55-54(74-40)59(90)80-63(68)79-55)5-2-4-25-69-56(87)35-9-14-41(15-10-35)83-34-39(81-82-83)23-28-97-65(96)71-27-26-70-64(100)75-38-13-18-45-44(29-38)62(95)99-66(45)46-19-16-42(84)30-51(46)98-52-31-43(85)17-20-47(52)66/h7-20,29-31,33-34,48-50,72,84-85H,1-6,21-28,32,67H2,(H,69,87)(H,71,96)(H,76,86)(H,77,88)(H,78,89)(H,91,92)(H,93,94)(H2,70,75,100)(H3,68,73,79,80,90)/t48-,49-,50-/m0/s1/i/hD. The number of thiocarbonyl (C=S) groups is 1. The number of aromatic hydroxyl groups is 3. The molecule has 2 aliphatic heterocycles. The SMILES string of the molecule is [2H]N(C(=O)CC[C@H](NC(=O)c1ccc(NCc2cnc3nc(N)nc(O)c3n2)cc1)C(=O)O)[C@@H](CCCCNC(=O)c1ccc(-n2cc(CCOC(=O)NCCNC(=S)Nc3ccc4c(c3)C(=O)OC43c4ccc(O)cc4Oc4cc(O)ccc43)nn2)cc1)C(=O)N[C@@H](CCCCN)C(=O)O. The number of hydrogen-bond acceptors (Lipinski definition) is 24. The topological polar surface area (TPSA) is 496 Å². The number of carbonyl (C=O) groups is 8. The number of ether oxygens (including phenoxy) is 3. The molecule has 0 saturated heterocycles. The van der Waals surface area contributed by atoms with Gasteiger partial charge in [-0.3, -0.25) is 19.2 Å². The van der Waals surface area contributed by atoms with E-state index < -0.39 is 90.1 Å². The number of anilines is 3. The molecule has 0 fully saturated rings. The lowest BCUT2D eigenvalue weighted by molar-refractivity contribution is -0.142. The number of fused-ring (bicyclic) bond motifs is 7. The minimum atomic E-state index is -1.60. The third-order valence-corrected chi connectivity index (χ3v) is 16.2. The number of phenols is 2. The summed E-state index contributed by atoms with van der Waals surface area (Å²) in [7, 11) is 0. The van der Waals surface area contributed by atoms with Crippen molar-refractivity contribution in [2.24, 2.45) is 5.73 Å². The predicted octanol–water partition coefficient (Wildman–Crippen LogP) is 3.88. The minimum Gasteiger partial charge on any atom is -0.508 e. The van der Waals surface area contributed by atoms with Gasteiger partial charge in [-0.25, -0.2) is 33.8 Å². The largest absolute Gasteiger partial charge is 0.508 e. The van der Waals surface area contributed by atoms with Crippen molar-refractivity contribution in [3.05, 3.63) is 160 Å². The van der Waals surface area contributed by atoms with Gasteiger partial charge in [0.2, 0.25) is 23.6 Å². The highest BCUT2D eigenvalue weighted by atomic mass is 32.1. The fraction of sp³-hybridized carbons (Fsp3) is 0.288. The number of hydrogen-bond donors (Lipinski definition) is 15. The van der Waals surface area contributed by atoms with Gasteiger partial charge in [0.05, 0.1) is 48.2 Å². The van der Waals surface area contributed by atoms with E-state index in [1.807, 2.05) is 0 Å². The highest BCUT2D eigenvalue weighted by Crippen LogP contribution is 2.57. The second kappa shape index (κ2) is 32.1. The molecule has 2 aliphatic rings. The van der Waals surface area contributed by atoms with E-state index in [1.54, 1.807) is 72.9 Å². The number of carboxylic acids is 2. The number of phenolic OH excluding ortho intramolecular Hbond substituents is 2. The van der Waals surface area contributed by atoms with Crippen LogP contribution in [-0.2, 0) is 47.2 Å². The van der Waals surface area contributed by atoms with Gasteiger partial charge in [0.15, 0.2) is 23.3 Å². The number of amides is 5. The van der Waals surface area contributed by atoms with Gasteiger partial charge in [-0.15, -0.1) is 5.10 Å². The lowest BCUT2D eigenvalue weighted by Gasteiger charge is -2.36. The summed E-state index contributed by atoms with van der Waals surface area (Å²) in [6.07, 6.45) is 2.61. The van der Waals surface area contributed by atoms with Crippen LogP contribution in [0, 0.1) is 0 Å². The molecule has 5 heterocycles. The lowest BCUT2D eigenvalue weighted by atomic mass is 9.77. The fourth-order valence-electron chi connectivity index (χ4n) is 10.9. The van der Waals surface area contributed by atoms with E-state index in [1.165, 1.54) is 47.3 Å². The molecule has 0 unspecified atom stereocenters. The van der Waals surface area contributed by atoms with Crippen LogP contribution in [0.5, 0.6) is 28.9 Å². The first-order chi connectivity index (χ1) is 48.6. The normalized spacial score (nSPS) is 13.3. The molecular weight excluding hydrogens is 1320 g/mol. The number of rotatable bonds is 31. The van der Waals surface area contributed by atoms with Gasteiger partial charge in [-0.2, -0.15) is 9.97 Å². The molecule has 10 rings (SSSR count). The Labute approximate surface area is 575 Å². The average molecular weight is 1390 g/mol. The van der Waals surface area contributed by atoms with Crippen molar-refractivity contribution in [2.45, 2.75) is 88.1 Å².